The van der Waals surface area contributed by atoms with Crippen LogP contribution >= 0.6 is 11.3 Å². The van der Waals surface area contributed by atoms with Gasteiger partial charge in [0.15, 0.2) is 0 Å². The Kier molecular flexibility index (Phi) is 6.69. The standard InChI is InChI=1S/C22H26N2O4S/c1-3-14-8-9-15-17(12-14)29-22(24-18(25)10-11-19(26)27)20(15)21(28)23-16-7-5-4-6-13(16)2/h4-7,14H,3,8-12H2,1-2H3,(H,23,28)(H,24,25)(H,26,27)/t14-/m0/s1. The fraction of sp³-hybridized carbons (Fsp3) is 0.409. The van der Waals surface area contributed by atoms with Gasteiger partial charge in [0.05, 0.1) is 12.0 Å². The van der Waals surface area contributed by atoms with Crippen molar-refractivity contribution in [2.24, 2.45) is 5.92 Å². The molecule has 6 nitrogen and oxygen atoms in total. The molecule has 1 aromatic carbocycles. The minimum atomic E-state index is -1.02. The maximum atomic E-state index is 13.2. The molecule has 0 radical (unpaired) electrons. The molecule has 29 heavy (non-hydrogen) atoms. The number of hydrogen-bond acceptors (Lipinski definition) is 4. The number of carbonyl (C=O) groups excluding carboxylic acids is 2. The van der Waals surface area contributed by atoms with E-state index < -0.39 is 5.97 Å². The first kappa shape index (κ1) is 21.0. The van der Waals surface area contributed by atoms with Crippen LogP contribution < -0.4 is 10.6 Å². The first-order chi connectivity index (χ1) is 13.9. The van der Waals surface area contributed by atoms with Crippen molar-refractivity contribution in [3.63, 3.8) is 0 Å². The second-order valence-corrected chi connectivity index (χ2v) is 8.54. The average Bonchev–Trinajstić information content (AvgIpc) is 3.04. The maximum absolute atomic E-state index is 13.2. The Morgan fingerprint density at radius 1 is 1.17 bits per heavy atom. The van der Waals surface area contributed by atoms with Gasteiger partial charge in [0.1, 0.15) is 5.00 Å². The van der Waals surface area contributed by atoms with E-state index in [4.69, 9.17) is 5.11 Å². The first-order valence-electron chi connectivity index (χ1n) is 9.92. The lowest BCUT2D eigenvalue weighted by Gasteiger charge is -2.21. The van der Waals surface area contributed by atoms with Crippen molar-refractivity contribution in [3.05, 3.63) is 45.8 Å². The lowest BCUT2D eigenvalue weighted by atomic mass is 9.85. The van der Waals surface area contributed by atoms with Crippen LogP contribution in [0.25, 0.3) is 0 Å². The van der Waals surface area contributed by atoms with Crippen LogP contribution in [0.1, 0.15) is 59.0 Å². The van der Waals surface area contributed by atoms with Crippen LogP contribution in [0.4, 0.5) is 10.7 Å². The number of para-hydroxylation sites is 1. The number of carbonyl (C=O) groups is 3. The average molecular weight is 415 g/mol. The van der Waals surface area contributed by atoms with E-state index in [0.29, 0.717) is 16.5 Å². The van der Waals surface area contributed by atoms with Crippen LogP contribution in [-0.2, 0) is 22.4 Å². The second-order valence-electron chi connectivity index (χ2n) is 7.44. The van der Waals surface area contributed by atoms with Gasteiger partial charge in [-0.05, 0) is 49.3 Å². The topological polar surface area (TPSA) is 95.5 Å². The molecule has 1 atom stereocenters. The fourth-order valence-corrected chi connectivity index (χ4v) is 5.01. The van der Waals surface area contributed by atoms with Crippen LogP contribution in [-0.4, -0.2) is 22.9 Å². The van der Waals surface area contributed by atoms with Gasteiger partial charge in [-0.3, -0.25) is 14.4 Å². The van der Waals surface area contributed by atoms with Crippen molar-refractivity contribution in [1.29, 1.82) is 0 Å². The largest absolute Gasteiger partial charge is 0.481 e. The van der Waals surface area contributed by atoms with Gasteiger partial charge in [-0.25, -0.2) is 0 Å². The Morgan fingerprint density at radius 2 is 1.93 bits per heavy atom. The van der Waals surface area contributed by atoms with E-state index in [1.165, 1.54) is 11.3 Å². The van der Waals surface area contributed by atoms with Crippen LogP contribution in [0.15, 0.2) is 24.3 Å². The van der Waals surface area contributed by atoms with E-state index in [9.17, 15) is 14.4 Å². The lowest BCUT2D eigenvalue weighted by molar-refractivity contribution is -0.138. The fourth-order valence-electron chi connectivity index (χ4n) is 3.64. The van der Waals surface area contributed by atoms with Crippen molar-refractivity contribution in [1.82, 2.24) is 0 Å². The number of rotatable bonds is 7. The third-order valence-electron chi connectivity index (χ3n) is 5.38. The molecule has 0 spiro atoms. The number of nitrogens with one attached hydrogen (secondary N) is 2. The number of amides is 2. The molecule has 0 saturated heterocycles. The number of carboxylic acids is 1. The molecule has 0 aliphatic heterocycles. The molecule has 1 heterocycles. The third-order valence-corrected chi connectivity index (χ3v) is 6.55. The Bertz CT molecular complexity index is 935. The lowest BCUT2D eigenvalue weighted by Crippen LogP contribution is -2.20. The van der Waals surface area contributed by atoms with Crippen molar-refractivity contribution < 1.29 is 19.5 Å². The number of anilines is 2. The predicted molar refractivity (Wildman–Crippen MR) is 115 cm³/mol. The van der Waals surface area contributed by atoms with E-state index in [1.807, 2.05) is 31.2 Å². The van der Waals surface area contributed by atoms with Gasteiger partial charge in [-0.2, -0.15) is 0 Å². The summed E-state index contributed by atoms with van der Waals surface area (Å²) in [7, 11) is 0. The van der Waals surface area contributed by atoms with E-state index >= 15 is 0 Å². The molecule has 0 bridgehead atoms. The van der Waals surface area contributed by atoms with E-state index in [0.717, 1.165) is 47.4 Å². The highest BCUT2D eigenvalue weighted by atomic mass is 32.1. The third kappa shape index (κ3) is 5.03. The number of aryl methyl sites for hydroxylation is 1. The van der Waals surface area contributed by atoms with Crippen molar-refractivity contribution >= 4 is 39.8 Å². The SMILES string of the molecule is CC[C@H]1CCc2c(sc(NC(=O)CCC(=O)O)c2C(=O)Nc2ccccc2C)C1. The van der Waals surface area contributed by atoms with Gasteiger partial charge < -0.3 is 15.7 Å². The molecule has 154 valence electrons. The number of benzene rings is 1. The summed E-state index contributed by atoms with van der Waals surface area (Å²) in [6.07, 6.45) is 3.48. The van der Waals surface area contributed by atoms with Gasteiger partial charge in [0, 0.05) is 17.0 Å². The summed E-state index contributed by atoms with van der Waals surface area (Å²) in [5, 5.41) is 15.1. The molecular weight excluding hydrogens is 388 g/mol. The van der Waals surface area contributed by atoms with Crippen molar-refractivity contribution in [3.8, 4) is 0 Å². The first-order valence-corrected chi connectivity index (χ1v) is 10.7. The molecular formula is C22H26N2O4S. The minimum Gasteiger partial charge on any atom is -0.481 e. The quantitative estimate of drug-likeness (QED) is 0.616. The smallest absolute Gasteiger partial charge is 0.303 e. The Morgan fingerprint density at radius 3 is 2.62 bits per heavy atom. The van der Waals surface area contributed by atoms with Crippen LogP contribution in [0.5, 0.6) is 0 Å². The Hall–Kier alpha value is -2.67. The molecule has 7 heteroatoms. The van der Waals surface area contributed by atoms with Crippen molar-refractivity contribution in [2.75, 3.05) is 10.6 Å². The summed E-state index contributed by atoms with van der Waals surface area (Å²) in [5.74, 6) is -1.05. The Labute approximate surface area is 174 Å². The number of aliphatic carboxylic acids is 1. The molecule has 0 saturated carbocycles. The molecule has 1 aliphatic rings. The zero-order valence-electron chi connectivity index (χ0n) is 16.7. The summed E-state index contributed by atoms with van der Waals surface area (Å²) in [5.41, 5.74) is 3.23. The van der Waals surface area contributed by atoms with Gasteiger partial charge in [-0.15, -0.1) is 11.3 Å². The molecule has 3 rings (SSSR count). The molecule has 2 aromatic rings. The minimum absolute atomic E-state index is 0.117. The molecule has 1 aromatic heterocycles. The zero-order valence-corrected chi connectivity index (χ0v) is 17.5. The van der Waals surface area contributed by atoms with Crippen molar-refractivity contribution in [2.45, 2.75) is 52.4 Å². The van der Waals surface area contributed by atoms with E-state index in [2.05, 4.69) is 17.6 Å². The molecule has 3 N–H and O–H groups in total. The molecule has 2 amide bonds. The second kappa shape index (κ2) is 9.22. The normalized spacial score (nSPS) is 15.4. The summed E-state index contributed by atoms with van der Waals surface area (Å²) >= 11 is 1.45. The summed E-state index contributed by atoms with van der Waals surface area (Å²) in [6.45, 7) is 4.10. The summed E-state index contributed by atoms with van der Waals surface area (Å²) in [4.78, 5) is 37.3. The predicted octanol–water partition coefficient (Wildman–Crippen LogP) is 4.63. The zero-order chi connectivity index (χ0) is 21.0. The van der Waals surface area contributed by atoms with E-state index in [1.54, 1.807) is 0 Å². The van der Waals surface area contributed by atoms with Crippen LogP contribution in [0, 0.1) is 12.8 Å². The number of hydrogen-bond donors (Lipinski definition) is 3. The number of fused-ring (bicyclic) bond motifs is 1. The number of carboxylic acid groups (broad SMARTS) is 1. The summed E-state index contributed by atoms with van der Waals surface area (Å²) in [6, 6.07) is 7.56. The van der Waals surface area contributed by atoms with Gasteiger partial charge >= 0.3 is 5.97 Å². The molecule has 0 fully saturated rings. The highest BCUT2D eigenvalue weighted by molar-refractivity contribution is 7.17. The highest BCUT2D eigenvalue weighted by Gasteiger charge is 2.29. The molecule has 1 aliphatic carbocycles. The number of thiophene rings is 1. The maximum Gasteiger partial charge on any atom is 0.303 e. The highest BCUT2D eigenvalue weighted by Crippen LogP contribution is 2.41. The van der Waals surface area contributed by atoms with Crippen LogP contribution in [0.3, 0.4) is 0 Å². The van der Waals surface area contributed by atoms with Crippen LogP contribution in [0.2, 0.25) is 0 Å². The Balaban J connectivity index is 1.89. The molecule has 0 unspecified atom stereocenters. The van der Waals surface area contributed by atoms with E-state index in [-0.39, 0.29) is 24.7 Å². The van der Waals surface area contributed by atoms with Gasteiger partial charge in [0.2, 0.25) is 5.91 Å². The monoisotopic (exact) mass is 414 g/mol. The van der Waals surface area contributed by atoms with Gasteiger partial charge in [-0.1, -0.05) is 31.5 Å². The van der Waals surface area contributed by atoms with Gasteiger partial charge in [0.25, 0.3) is 5.91 Å². The summed E-state index contributed by atoms with van der Waals surface area (Å²) < 4.78 is 0.